The Kier molecular flexibility index (Phi) is 11.7. The zero-order valence-electron chi connectivity index (χ0n) is 21.9. The van der Waals surface area contributed by atoms with E-state index in [0.29, 0.717) is 30.8 Å². The van der Waals surface area contributed by atoms with Crippen molar-refractivity contribution in [3.05, 3.63) is 52.7 Å². The molecule has 0 saturated carbocycles. The first-order valence-corrected chi connectivity index (χ1v) is 12.5. The van der Waals surface area contributed by atoms with E-state index in [-0.39, 0.29) is 18.9 Å². The normalized spacial score (nSPS) is 14.4. The van der Waals surface area contributed by atoms with Crippen LogP contribution in [0, 0.1) is 0 Å². The number of alkyl halides is 3. The molecule has 1 aromatic heterocycles. The second-order valence-electron chi connectivity index (χ2n) is 8.43. The molecular weight excluding hydrogens is 487 g/mol. The average molecular weight is 524 g/mol. The van der Waals surface area contributed by atoms with E-state index in [1.807, 2.05) is 32.0 Å². The largest absolute Gasteiger partial charge is 0.493 e. The molecule has 3 heterocycles. The Balaban J connectivity index is 0.000000617. The molecule has 204 valence electrons. The van der Waals surface area contributed by atoms with Gasteiger partial charge in [-0.15, -0.1) is 0 Å². The van der Waals surface area contributed by atoms with Crippen molar-refractivity contribution >= 4 is 17.7 Å². The average Bonchev–Trinajstić information content (AvgIpc) is 3.02. The number of halogens is 3. The number of ether oxygens (including phenoxy) is 2. The van der Waals surface area contributed by atoms with Gasteiger partial charge < -0.3 is 19.7 Å². The Hall–Kier alpha value is -3.30. The molecule has 1 amide bonds. The lowest BCUT2D eigenvalue weighted by Crippen LogP contribution is -2.37. The van der Waals surface area contributed by atoms with Crippen molar-refractivity contribution < 1.29 is 32.2 Å². The third-order valence-corrected chi connectivity index (χ3v) is 5.74. The number of hydrogen-bond acceptors (Lipinski definition) is 6. The molecule has 0 spiro atoms. The quantitative estimate of drug-likeness (QED) is 0.549. The van der Waals surface area contributed by atoms with Crippen molar-refractivity contribution in [2.45, 2.75) is 65.6 Å². The molecule has 7 nitrogen and oxygen atoms in total. The molecule has 2 aliphatic rings. The van der Waals surface area contributed by atoms with Gasteiger partial charge >= 0.3 is 12.1 Å². The highest BCUT2D eigenvalue weighted by Crippen LogP contribution is 2.27. The fraction of sp³-hybridized carbons (Fsp3) is 0.519. The van der Waals surface area contributed by atoms with Gasteiger partial charge in [0.2, 0.25) is 5.91 Å². The van der Waals surface area contributed by atoms with Crippen LogP contribution in [0.4, 0.5) is 19.0 Å². The first kappa shape index (κ1) is 29.9. The monoisotopic (exact) mass is 523 g/mol. The van der Waals surface area contributed by atoms with Crippen LogP contribution in [0.3, 0.4) is 0 Å². The maximum absolute atomic E-state index is 12.8. The molecule has 1 aromatic carbocycles. The molecule has 37 heavy (non-hydrogen) atoms. The van der Waals surface area contributed by atoms with Crippen LogP contribution in [-0.4, -0.2) is 54.7 Å². The number of aryl methyl sites for hydroxylation is 2. The van der Waals surface area contributed by atoms with E-state index in [4.69, 9.17) is 4.74 Å². The van der Waals surface area contributed by atoms with Gasteiger partial charge in [0.15, 0.2) is 0 Å². The molecule has 0 bridgehead atoms. The van der Waals surface area contributed by atoms with Gasteiger partial charge in [-0.2, -0.15) is 13.2 Å². The number of fused-ring (bicyclic) bond motifs is 2. The van der Waals surface area contributed by atoms with Crippen LogP contribution in [0.25, 0.3) is 0 Å². The first-order valence-electron chi connectivity index (χ1n) is 12.5. The van der Waals surface area contributed by atoms with E-state index in [1.54, 1.807) is 6.07 Å². The Bertz CT molecular complexity index is 1040. The summed E-state index contributed by atoms with van der Waals surface area (Å²) < 4.78 is 48.4. The van der Waals surface area contributed by atoms with Crippen LogP contribution < -0.4 is 10.1 Å². The summed E-state index contributed by atoms with van der Waals surface area (Å²) in [5.41, 5.74) is 3.76. The lowest BCUT2D eigenvalue weighted by atomic mass is 10.0. The summed E-state index contributed by atoms with van der Waals surface area (Å²) in [6, 6.07) is 9.51. The SMILES string of the molecule is CC.COC(C)=O.O=C1CCc2ccc(OCCc3ccc4c(n3)NCCC4)cc2CN1CC(F)(F)F. The lowest BCUT2D eigenvalue weighted by molar-refractivity contribution is -0.162. The van der Waals surface area contributed by atoms with E-state index in [0.717, 1.165) is 41.4 Å². The van der Waals surface area contributed by atoms with Crippen molar-refractivity contribution in [1.82, 2.24) is 9.88 Å². The number of nitrogens with zero attached hydrogens (tertiary/aromatic N) is 2. The maximum atomic E-state index is 12.8. The number of benzene rings is 1. The van der Waals surface area contributed by atoms with E-state index >= 15 is 0 Å². The van der Waals surface area contributed by atoms with Gasteiger partial charge in [-0.25, -0.2) is 4.98 Å². The second-order valence-corrected chi connectivity index (χ2v) is 8.43. The van der Waals surface area contributed by atoms with Crippen molar-refractivity contribution in [3.63, 3.8) is 0 Å². The topological polar surface area (TPSA) is 80.8 Å². The summed E-state index contributed by atoms with van der Waals surface area (Å²) in [6.45, 7) is 5.43. The van der Waals surface area contributed by atoms with Crippen LogP contribution in [-0.2, 0) is 40.1 Å². The van der Waals surface area contributed by atoms with Gasteiger partial charge in [0.25, 0.3) is 0 Å². The third kappa shape index (κ3) is 9.93. The van der Waals surface area contributed by atoms with Gasteiger partial charge in [0.1, 0.15) is 18.1 Å². The molecular formula is C27H36F3N3O4. The fourth-order valence-electron chi connectivity index (χ4n) is 3.92. The number of methoxy groups -OCH3 is 1. The Morgan fingerprint density at radius 2 is 1.78 bits per heavy atom. The molecule has 1 N–H and O–H groups in total. The lowest BCUT2D eigenvalue weighted by Gasteiger charge is -2.22. The van der Waals surface area contributed by atoms with Crippen molar-refractivity contribution in [3.8, 4) is 5.75 Å². The third-order valence-electron chi connectivity index (χ3n) is 5.74. The van der Waals surface area contributed by atoms with Crippen LogP contribution in [0.1, 0.15) is 56.0 Å². The molecule has 0 aliphatic carbocycles. The number of esters is 1. The molecule has 2 aromatic rings. The second kappa shape index (κ2) is 14.4. The van der Waals surface area contributed by atoms with Crippen LogP contribution in [0.5, 0.6) is 5.75 Å². The van der Waals surface area contributed by atoms with E-state index < -0.39 is 18.6 Å². The summed E-state index contributed by atoms with van der Waals surface area (Å²) >= 11 is 0. The van der Waals surface area contributed by atoms with Gasteiger partial charge in [-0.1, -0.05) is 26.0 Å². The zero-order chi connectivity index (χ0) is 27.4. The number of aromatic nitrogens is 1. The molecule has 10 heteroatoms. The Labute approximate surface area is 216 Å². The van der Waals surface area contributed by atoms with Crippen molar-refractivity contribution in [2.75, 3.05) is 32.1 Å². The predicted octanol–water partition coefficient (Wildman–Crippen LogP) is 5.10. The minimum absolute atomic E-state index is 0.0527. The number of anilines is 1. The molecule has 4 rings (SSSR count). The highest BCUT2D eigenvalue weighted by molar-refractivity contribution is 5.77. The highest BCUT2D eigenvalue weighted by atomic mass is 19.4. The summed E-state index contributed by atoms with van der Waals surface area (Å²) in [6.07, 6.45) is -1.11. The van der Waals surface area contributed by atoms with E-state index in [1.165, 1.54) is 19.6 Å². The number of carbonyl (C=O) groups is 2. The minimum atomic E-state index is -4.41. The molecule has 0 saturated heterocycles. The summed E-state index contributed by atoms with van der Waals surface area (Å²) in [5, 5.41) is 3.31. The first-order chi connectivity index (χ1) is 17.6. The Morgan fingerprint density at radius 1 is 1.08 bits per heavy atom. The minimum Gasteiger partial charge on any atom is -0.493 e. The summed E-state index contributed by atoms with van der Waals surface area (Å²) in [5.74, 6) is 0.812. The smallest absolute Gasteiger partial charge is 0.406 e. The van der Waals surface area contributed by atoms with Crippen LogP contribution in [0.15, 0.2) is 30.3 Å². The molecule has 0 fully saturated rings. The van der Waals surface area contributed by atoms with Gasteiger partial charge in [0, 0.05) is 38.5 Å². The van der Waals surface area contributed by atoms with E-state index in [9.17, 15) is 22.8 Å². The standard InChI is InChI=1S/C22H24F3N3O2.C3H6O2.C2H6/c23-22(24,25)14-28-13-17-12-19(7-4-15(17)5-8-20(28)29)30-11-9-18-6-3-16-2-1-10-26-21(16)27-18;1-3(4)5-2;1-2/h3-4,6-7,12H,1-2,5,8-11,13-14H2,(H,26,27);1-2H3;1-2H3. The number of pyridine rings is 1. The number of nitrogens with one attached hydrogen (secondary N) is 1. The fourth-order valence-corrected chi connectivity index (χ4v) is 3.92. The molecule has 0 radical (unpaired) electrons. The number of hydrogen-bond donors (Lipinski definition) is 1. The van der Waals surface area contributed by atoms with Crippen molar-refractivity contribution in [1.29, 1.82) is 0 Å². The molecule has 2 aliphatic heterocycles. The number of amides is 1. The van der Waals surface area contributed by atoms with Crippen LogP contribution in [0.2, 0.25) is 0 Å². The maximum Gasteiger partial charge on any atom is 0.406 e. The molecule has 0 atom stereocenters. The van der Waals surface area contributed by atoms with E-state index in [2.05, 4.69) is 21.1 Å². The van der Waals surface area contributed by atoms with Gasteiger partial charge in [-0.3, -0.25) is 9.59 Å². The Morgan fingerprint density at radius 3 is 2.46 bits per heavy atom. The number of carbonyl (C=O) groups excluding carboxylic acids is 2. The highest BCUT2D eigenvalue weighted by Gasteiger charge is 2.34. The predicted molar refractivity (Wildman–Crippen MR) is 136 cm³/mol. The summed E-state index contributed by atoms with van der Waals surface area (Å²) in [7, 11) is 1.35. The number of rotatable bonds is 5. The van der Waals surface area contributed by atoms with Crippen LogP contribution >= 0.6 is 0 Å². The zero-order valence-corrected chi connectivity index (χ0v) is 21.9. The van der Waals surface area contributed by atoms with Gasteiger partial charge in [0.05, 0.1) is 13.7 Å². The molecule has 0 unspecified atom stereocenters. The van der Waals surface area contributed by atoms with Crippen molar-refractivity contribution in [2.24, 2.45) is 0 Å². The summed E-state index contributed by atoms with van der Waals surface area (Å²) in [4.78, 5) is 27.2. The van der Waals surface area contributed by atoms with Gasteiger partial charge in [-0.05, 0) is 54.2 Å².